The molecule has 2 atom stereocenters. The molecule has 9 aliphatic carbocycles. The highest BCUT2D eigenvalue weighted by atomic mass is 15.0. The average molecular weight is 1280 g/mol. The van der Waals surface area contributed by atoms with Gasteiger partial charge < -0.3 is 21.3 Å². The van der Waals surface area contributed by atoms with Crippen molar-refractivity contribution in [1.82, 2.24) is 21.3 Å². The van der Waals surface area contributed by atoms with E-state index in [4.69, 9.17) is 0 Å². The second-order valence-corrected chi connectivity index (χ2v) is 33.6. The van der Waals surface area contributed by atoms with Gasteiger partial charge in [-0.25, -0.2) is 0 Å². The summed E-state index contributed by atoms with van der Waals surface area (Å²) < 4.78 is 0. The van der Waals surface area contributed by atoms with E-state index in [0.717, 1.165) is 93.7 Å². The Balaban J connectivity index is -0.000000165. The fourth-order valence-electron chi connectivity index (χ4n) is 12.9. The van der Waals surface area contributed by atoms with Gasteiger partial charge in [0.05, 0.1) is 0 Å². The van der Waals surface area contributed by atoms with Gasteiger partial charge in [0, 0.05) is 26.2 Å². The molecule has 4 aliphatic heterocycles. The van der Waals surface area contributed by atoms with Crippen molar-refractivity contribution in [2.24, 2.45) is 93.7 Å². The summed E-state index contributed by atoms with van der Waals surface area (Å²) >= 11 is 0. The Morgan fingerprint density at radius 1 is 0.278 bits per heavy atom. The molecule has 9 saturated carbocycles. The summed E-state index contributed by atoms with van der Waals surface area (Å²) in [4.78, 5) is 0. The summed E-state index contributed by atoms with van der Waals surface area (Å²) in [5.74, 6) is 13.9. The summed E-state index contributed by atoms with van der Waals surface area (Å²) in [6, 6.07) is 0. The topological polar surface area (TPSA) is 48.1 Å². The molecule has 13 aliphatic rings. The molecular weight excluding hydrogens is 1090 g/mol. The van der Waals surface area contributed by atoms with E-state index in [1.165, 1.54) is 284 Å². The fraction of sp³-hybridized carbons (Fsp3) is 1.00. The summed E-state index contributed by atoms with van der Waals surface area (Å²) in [5, 5.41) is 13.2. The van der Waals surface area contributed by atoms with E-state index in [1.54, 1.807) is 0 Å². The lowest BCUT2D eigenvalue weighted by Gasteiger charge is -2.53. The van der Waals surface area contributed by atoms with Crippen molar-refractivity contribution in [1.29, 1.82) is 0 Å². The molecule has 0 radical (unpaired) electrons. The van der Waals surface area contributed by atoms with Crippen molar-refractivity contribution >= 4 is 0 Å². The van der Waals surface area contributed by atoms with Gasteiger partial charge in [0.1, 0.15) is 0 Å². The SMILES string of the molecule is C.C.C.C.C.C.CC(C)C.CC(C)C.CC1CC2(CNC2)C1.CC1CC2(CNC2)C1.CC1CCC1.CC1CCC1.CC1CCCCC1.CC1CCCCC1.CC1CCCCC1.CC1CCCCC1.CCC(C)C.CCC1CC1.C[C@H]1CCNC1.C[C@H]1CCNC1. The molecule has 90 heavy (non-hydrogen) atoms. The van der Waals surface area contributed by atoms with Crippen LogP contribution in [0.2, 0.25) is 0 Å². The Morgan fingerprint density at radius 3 is 0.533 bits per heavy atom. The third-order valence-electron chi connectivity index (χ3n) is 20.2. The van der Waals surface area contributed by atoms with E-state index in [0.29, 0.717) is 0 Å². The van der Waals surface area contributed by atoms with Crippen LogP contribution in [0.3, 0.4) is 0 Å². The molecule has 13 rings (SSSR count). The molecule has 2 spiro atoms. The van der Waals surface area contributed by atoms with Gasteiger partial charge in [-0.3, -0.25) is 0 Å². The first kappa shape index (κ1) is 103. The van der Waals surface area contributed by atoms with Crippen molar-refractivity contribution in [2.45, 2.75) is 414 Å². The molecule has 13 fully saturated rings. The van der Waals surface area contributed by atoms with Crippen molar-refractivity contribution in [2.75, 3.05) is 52.4 Å². The molecule has 0 aromatic rings. The standard InChI is InChI=1S/2C7H13N.4C7H14.2C5H11N.3C5H10.C5H12.2C4H10.6CH4/c2*1-6-2-7(3-6)4-8-5-7;4*1-7-5-3-2-4-6-7;2*1-5-2-3-6-4-5;2*1-5-3-2-4-5;1-2-5-3-4-5;1-4-5(2)3;2*1-4(2)3;;;;;;/h2*6,8H,2-5H2,1H3;4*7H,2-6H2,1H3;2*5-6H,2-4H2,1H3;3*5H,2-4H2,1H3;5H,4H2,1-3H3;2*4H,1-3H3;6*1H4/t;;;;;;2*5-;;;;;;;;;;;;/m......00............/s1. The molecule has 4 heteroatoms. The van der Waals surface area contributed by atoms with Crippen LogP contribution in [0.15, 0.2) is 0 Å². The van der Waals surface area contributed by atoms with Gasteiger partial charge in [-0.15, -0.1) is 0 Å². The predicted molar refractivity (Wildman–Crippen MR) is 425 cm³/mol. The van der Waals surface area contributed by atoms with E-state index >= 15 is 0 Å². The van der Waals surface area contributed by atoms with Gasteiger partial charge in [-0.2, -0.15) is 0 Å². The van der Waals surface area contributed by atoms with E-state index in [-0.39, 0.29) is 44.6 Å². The van der Waals surface area contributed by atoms with Crippen molar-refractivity contribution in [3.05, 3.63) is 0 Å². The molecule has 0 aromatic carbocycles. The Kier molecular flexibility index (Phi) is 75.9. The van der Waals surface area contributed by atoms with Crippen LogP contribution in [0.1, 0.15) is 414 Å². The number of rotatable bonds is 2. The zero-order chi connectivity index (χ0) is 63.0. The Morgan fingerprint density at radius 2 is 0.489 bits per heavy atom. The van der Waals surface area contributed by atoms with E-state index in [1.807, 2.05) is 0 Å². The average Bonchev–Trinajstić information content (AvgIpc) is 0.924. The van der Waals surface area contributed by atoms with Gasteiger partial charge in [-0.05, 0) is 158 Å². The normalized spacial score (nSPS) is 24.6. The smallest absolute Gasteiger partial charge is 0.00204 e. The number of hydrogen-bond donors (Lipinski definition) is 4. The lowest BCUT2D eigenvalue weighted by molar-refractivity contribution is 0.00938. The molecule has 0 aromatic heterocycles. The first-order valence-corrected chi connectivity index (χ1v) is 38.8. The highest BCUT2D eigenvalue weighted by Crippen LogP contribution is 2.48. The van der Waals surface area contributed by atoms with Crippen molar-refractivity contribution < 1.29 is 0 Å². The minimum atomic E-state index is 0. The summed E-state index contributed by atoms with van der Waals surface area (Å²) in [5.41, 5.74) is 1.61. The lowest BCUT2D eigenvalue weighted by Crippen LogP contribution is -2.59. The van der Waals surface area contributed by atoms with E-state index < -0.39 is 0 Å². The van der Waals surface area contributed by atoms with Crippen LogP contribution in [0.5, 0.6) is 0 Å². The van der Waals surface area contributed by atoms with Crippen LogP contribution in [-0.4, -0.2) is 52.4 Å². The Bertz CT molecular complexity index is 1170. The first-order chi connectivity index (χ1) is 39.9. The molecular formula is C86H190N4. The van der Waals surface area contributed by atoms with Crippen LogP contribution in [0.4, 0.5) is 0 Å². The van der Waals surface area contributed by atoms with E-state index in [2.05, 4.69) is 160 Å². The molecule has 4 nitrogen and oxygen atoms in total. The third-order valence-corrected chi connectivity index (χ3v) is 20.2. The first-order valence-electron chi connectivity index (χ1n) is 38.8. The molecule has 0 unspecified atom stereocenters. The predicted octanol–water partition coefficient (Wildman–Crippen LogP) is 28.2. The van der Waals surface area contributed by atoms with Gasteiger partial charge in [0.15, 0.2) is 0 Å². The van der Waals surface area contributed by atoms with Crippen molar-refractivity contribution in [3.8, 4) is 0 Å². The largest absolute Gasteiger partial charge is 0.316 e. The van der Waals surface area contributed by atoms with Crippen LogP contribution < -0.4 is 21.3 Å². The highest BCUT2D eigenvalue weighted by molar-refractivity contribution is 5.01. The molecule has 4 saturated heterocycles. The molecule has 4 N–H and O–H groups in total. The second-order valence-electron chi connectivity index (χ2n) is 33.6. The molecule has 0 bridgehead atoms. The Labute approximate surface area is 578 Å². The maximum absolute atomic E-state index is 3.32. The summed E-state index contributed by atoms with van der Waals surface area (Å²) in [6.45, 7) is 55.4. The number of hydrogen-bond acceptors (Lipinski definition) is 4. The van der Waals surface area contributed by atoms with Crippen LogP contribution >= 0.6 is 0 Å². The van der Waals surface area contributed by atoms with Crippen LogP contribution in [0.25, 0.3) is 0 Å². The molecule has 554 valence electrons. The maximum atomic E-state index is 3.32. The lowest BCUT2D eigenvalue weighted by atomic mass is 9.59. The van der Waals surface area contributed by atoms with Gasteiger partial charge in [0.2, 0.25) is 0 Å². The van der Waals surface area contributed by atoms with Crippen LogP contribution in [-0.2, 0) is 0 Å². The maximum Gasteiger partial charge on any atom is 0.00204 e. The van der Waals surface area contributed by atoms with E-state index in [9.17, 15) is 0 Å². The molecule has 0 amide bonds. The Hall–Kier alpha value is -0.160. The summed E-state index contributed by atoms with van der Waals surface area (Å²) in [7, 11) is 0. The number of nitrogens with one attached hydrogen (secondary N) is 4. The minimum absolute atomic E-state index is 0. The zero-order valence-electron chi connectivity index (χ0n) is 62.2. The van der Waals surface area contributed by atoms with Gasteiger partial charge >= 0.3 is 0 Å². The quantitative estimate of drug-likeness (QED) is 0.223. The highest BCUT2D eigenvalue weighted by Gasteiger charge is 2.47. The fourth-order valence-corrected chi connectivity index (χ4v) is 12.9. The zero-order valence-corrected chi connectivity index (χ0v) is 62.2. The van der Waals surface area contributed by atoms with Crippen molar-refractivity contribution in [3.63, 3.8) is 0 Å². The monoisotopic (exact) mass is 1280 g/mol. The molecule has 4 heterocycles. The second kappa shape index (κ2) is 66.1. The van der Waals surface area contributed by atoms with Gasteiger partial charge in [0.25, 0.3) is 0 Å². The minimum Gasteiger partial charge on any atom is -0.316 e. The third kappa shape index (κ3) is 65.1. The van der Waals surface area contributed by atoms with Crippen LogP contribution in [0, 0.1) is 93.7 Å². The van der Waals surface area contributed by atoms with Gasteiger partial charge in [-0.1, -0.05) is 376 Å². The summed E-state index contributed by atoms with van der Waals surface area (Å²) in [6.07, 6.45) is 53.1.